The number of hydrogen-bond acceptors (Lipinski definition) is 6. The van der Waals surface area contributed by atoms with Gasteiger partial charge in [0.05, 0.1) is 17.3 Å². The Hall–Kier alpha value is -3.00. The van der Waals surface area contributed by atoms with Crippen molar-refractivity contribution < 1.29 is 14.7 Å². The number of hydrogen-bond donors (Lipinski definition) is 1. The summed E-state index contributed by atoms with van der Waals surface area (Å²) in [6.45, 7) is 3.40. The van der Waals surface area contributed by atoms with Gasteiger partial charge in [-0.3, -0.25) is 19.0 Å². The predicted molar refractivity (Wildman–Crippen MR) is 92.4 cm³/mol. The molecule has 0 aliphatic rings. The van der Waals surface area contributed by atoms with Crippen LogP contribution < -0.4 is 4.87 Å². The monoisotopic (exact) mass is 357 g/mol. The number of aromatic hydroxyl groups is 1. The molecule has 2 heterocycles. The van der Waals surface area contributed by atoms with Crippen LogP contribution in [-0.2, 0) is 6.54 Å². The molecule has 0 amide bonds. The van der Waals surface area contributed by atoms with Crippen molar-refractivity contribution in [3.8, 4) is 5.75 Å². The fraction of sp³-hybridized carbons (Fsp3) is 0.176. The minimum atomic E-state index is -0.434. The number of carbonyl (C=O) groups is 2. The number of phenols is 1. The van der Waals surface area contributed by atoms with Crippen molar-refractivity contribution in [1.82, 2.24) is 14.3 Å². The lowest BCUT2D eigenvalue weighted by Crippen LogP contribution is -2.24. The van der Waals surface area contributed by atoms with E-state index in [4.69, 9.17) is 0 Å². The van der Waals surface area contributed by atoms with E-state index in [1.54, 1.807) is 24.4 Å². The topological polar surface area (TPSA) is 94.2 Å². The van der Waals surface area contributed by atoms with Crippen molar-refractivity contribution in [2.75, 3.05) is 0 Å². The SMILES string of the molecule is Cc1ccc(O)c(C(=O)c2cnn(C(=O)Cn3c(C)csc3=O)c2)c1. The summed E-state index contributed by atoms with van der Waals surface area (Å²) >= 11 is 1.02. The predicted octanol–water partition coefficient (Wildman–Crippen LogP) is 2.00. The number of ketones is 1. The minimum Gasteiger partial charge on any atom is -0.507 e. The normalized spacial score (nSPS) is 10.8. The lowest BCUT2D eigenvalue weighted by Gasteiger charge is -2.04. The van der Waals surface area contributed by atoms with Gasteiger partial charge in [-0.05, 0) is 26.0 Å². The quantitative estimate of drug-likeness (QED) is 0.721. The summed E-state index contributed by atoms with van der Waals surface area (Å²) in [5.41, 5.74) is 1.86. The van der Waals surface area contributed by atoms with Gasteiger partial charge in [-0.15, -0.1) is 0 Å². The number of benzene rings is 1. The largest absolute Gasteiger partial charge is 0.507 e. The Kier molecular flexibility index (Phi) is 4.37. The zero-order chi connectivity index (χ0) is 18.1. The molecule has 128 valence electrons. The van der Waals surface area contributed by atoms with Gasteiger partial charge in [-0.2, -0.15) is 5.10 Å². The molecular formula is C17H15N3O4S. The molecule has 0 saturated heterocycles. The molecule has 1 N–H and O–H groups in total. The summed E-state index contributed by atoms with van der Waals surface area (Å²) in [5.74, 6) is -0.990. The average molecular weight is 357 g/mol. The summed E-state index contributed by atoms with van der Waals surface area (Å²) in [5, 5.41) is 15.4. The Morgan fingerprint density at radius 1 is 1.28 bits per heavy atom. The molecule has 3 rings (SSSR count). The fourth-order valence-corrected chi connectivity index (χ4v) is 3.10. The van der Waals surface area contributed by atoms with E-state index < -0.39 is 11.7 Å². The summed E-state index contributed by atoms with van der Waals surface area (Å²) in [4.78, 5) is 36.3. The van der Waals surface area contributed by atoms with Crippen molar-refractivity contribution in [2.45, 2.75) is 20.4 Å². The van der Waals surface area contributed by atoms with E-state index in [1.807, 2.05) is 6.92 Å². The van der Waals surface area contributed by atoms with Crippen LogP contribution in [0.25, 0.3) is 0 Å². The standard InChI is InChI=1S/C17H15N3O4S/c1-10-3-4-14(21)13(5-10)16(23)12-6-18-20(7-12)15(22)8-19-11(2)9-25-17(19)24/h3-7,9,21H,8H2,1-2H3. The van der Waals surface area contributed by atoms with Gasteiger partial charge in [0.1, 0.15) is 12.3 Å². The molecule has 2 aromatic heterocycles. The van der Waals surface area contributed by atoms with E-state index in [-0.39, 0.29) is 28.3 Å². The van der Waals surface area contributed by atoms with Gasteiger partial charge in [0.15, 0.2) is 5.78 Å². The number of carbonyl (C=O) groups excluding carboxylic acids is 2. The second-order valence-electron chi connectivity index (χ2n) is 5.65. The molecule has 0 aliphatic heterocycles. The highest BCUT2D eigenvalue weighted by Crippen LogP contribution is 2.21. The molecule has 0 bridgehead atoms. The van der Waals surface area contributed by atoms with Crippen LogP contribution >= 0.6 is 11.3 Å². The molecule has 3 aromatic rings. The maximum absolute atomic E-state index is 12.5. The number of phenolic OH excluding ortho intramolecular Hbond substituents is 1. The third kappa shape index (κ3) is 3.29. The van der Waals surface area contributed by atoms with Crippen LogP contribution in [0, 0.1) is 13.8 Å². The fourth-order valence-electron chi connectivity index (χ4n) is 2.37. The molecule has 0 radical (unpaired) electrons. The van der Waals surface area contributed by atoms with Crippen LogP contribution in [-0.4, -0.2) is 31.1 Å². The zero-order valence-electron chi connectivity index (χ0n) is 13.6. The first kappa shape index (κ1) is 16.8. The van der Waals surface area contributed by atoms with Gasteiger partial charge in [0.2, 0.25) is 0 Å². The highest BCUT2D eigenvalue weighted by atomic mass is 32.1. The Morgan fingerprint density at radius 2 is 2.04 bits per heavy atom. The lowest BCUT2D eigenvalue weighted by atomic mass is 10.0. The van der Waals surface area contributed by atoms with Crippen LogP contribution in [0.4, 0.5) is 0 Å². The van der Waals surface area contributed by atoms with Gasteiger partial charge < -0.3 is 5.11 Å². The summed E-state index contributed by atoms with van der Waals surface area (Å²) < 4.78 is 2.38. The first-order chi connectivity index (χ1) is 11.9. The highest BCUT2D eigenvalue weighted by molar-refractivity contribution is 7.07. The van der Waals surface area contributed by atoms with Crippen molar-refractivity contribution in [2.24, 2.45) is 0 Å². The molecule has 0 unspecified atom stereocenters. The second kappa shape index (κ2) is 6.48. The molecule has 0 saturated carbocycles. The van der Waals surface area contributed by atoms with Crippen molar-refractivity contribution in [3.05, 3.63) is 68.0 Å². The number of thiazole rings is 1. The Morgan fingerprint density at radius 3 is 2.72 bits per heavy atom. The first-order valence-corrected chi connectivity index (χ1v) is 8.32. The molecule has 1 aromatic carbocycles. The third-order valence-electron chi connectivity index (χ3n) is 3.77. The van der Waals surface area contributed by atoms with E-state index in [0.29, 0.717) is 5.69 Å². The Labute approximate surface area is 146 Å². The summed E-state index contributed by atoms with van der Waals surface area (Å²) in [6, 6.07) is 4.72. The van der Waals surface area contributed by atoms with Gasteiger partial charge in [-0.1, -0.05) is 23.0 Å². The van der Waals surface area contributed by atoms with Crippen molar-refractivity contribution in [3.63, 3.8) is 0 Å². The van der Waals surface area contributed by atoms with Gasteiger partial charge in [-0.25, -0.2) is 4.68 Å². The maximum Gasteiger partial charge on any atom is 0.307 e. The maximum atomic E-state index is 12.5. The minimum absolute atomic E-state index is 0.130. The van der Waals surface area contributed by atoms with Crippen molar-refractivity contribution >= 4 is 23.0 Å². The smallest absolute Gasteiger partial charge is 0.307 e. The van der Waals surface area contributed by atoms with E-state index in [2.05, 4.69) is 5.10 Å². The second-order valence-corrected chi connectivity index (χ2v) is 6.47. The highest BCUT2D eigenvalue weighted by Gasteiger charge is 2.18. The summed E-state index contributed by atoms with van der Waals surface area (Å²) in [6.07, 6.45) is 2.57. The van der Waals surface area contributed by atoms with Crippen LogP contribution in [0.15, 0.2) is 40.8 Å². The molecule has 0 aliphatic carbocycles. The van der Waals surface area contributed by atoms with Gasteiger partial charge in [0.25, 0.3) is 5.91 Å². The number of nitrogens with zero attached hydrogens (tertiary/aromatic N) is 3. The van der Waals surface area contributed by atoms with Crippen LogP contribution in [0.3, 0.4) is 0 Å². The molecule has 0 atom stereocenters. The number of rotatable bonds is 4. The van der Waals surface area contributed by atoms with Gasteiger partial charge in [0, 0.05) is 17.3 Å². The van der Waals surface area contributed by atoms with E-state index >= 15 is 0 Å². The number of aromatic nitrogens is 3. The molecule has 8 heteroatoms. The lowest BCUT2D eigenvalue weighted by molar-refractivity contribution is 0.0873. The third-order valence-corrected chi connectivity index (χ3v) is 4.65. The van der Waals surface area contributed by atoms with Crippen molar-refractivity contribution in [1.29, 1.82) is 0 Å². The van der Waals surface area contributed by atoms with E-state index in [0.717, 1.165) is 21.6 Å². The van der Waals surface area contributed by atoms with Crippen LogP contribution in [0.2, 0.25) is 0 Å². The average Bonchev–Trinajstić information content (AvgIpc) is 3.19. The molecule has 7 nitrogen and oxygen atoms in total. The zero-order valence-corrected chi connectivity index (χ0v) is 14.4. The number of aryl methyl sites for hydroxylation is 2. The van der Waals surface area contributed by atoms with E-state index in [1.165, 1.54) is 23.0 Å². The van der Waals surface area contributed by atoms with Gasteiger partial charge >= 0.3 is 4.87 Å². The Balaban J connectivity index is 1.85. The molecule has 0 fully saturated rings. The summed E-state index contributed by atoms with van der Waals surface area (Å²) in [7, 11) is 0. The molecule has 0 spiro atoms. The molecular weight excluding hydrogens is 342 g/mol. The molecule has 25 heavy (non-hydrogen) atoms. The first-order valence-electron chi connectivity index (χ1n) is 7.44. The van der Waals surface area contributed by atoms with Crippen LogP contribution in [0.5, 0.6) is 5.75 Å². The Bertz CT molecular complexity index is 1030. The van der Waals surface area contributed by atoms with E-state index in [9.17, 15) is 19.5 Å². The van der Waals surface area contributed by atoms with Crippen LogP contribution in [0.1, 0.15) is 32.0 Å².